The second-order valence-corrected chi connectivity index (χ2v) is 10.2. The number of rotatable bonds is 6. The quantitative estimate of drug-likeness (QED) is 0.507. The average molecular weight is 499 g/mol. The predicted octanol–water partition coefficient (Wildman–Crippen LogP) is 4.44. The van der Waals surface area contributed by atoms with Crippen molar-refractivity contribution in [3.8, 4) is 11.1 Å². The molecule has 3 aromatic carbocycles. The highest BCUT2D eigenvalue weighted by Crippen LogP contribution is 2.55. The Morgan fingerprint density at radius 1 is 0.971 bits per heavy atom. The van der Waals surface area contributed by atoms with Crippen LogP contribution in [0.5, 0.6) is 0 Å². The zero-order valence-electron chi connectivity index (χ0n) is 18.6. The zero-order valence-corrected chi connectivity index (χ0v) is 20.1. The standard InChI is InChI=1S/C25H23ClN2O5S/c1-28(25(23(29)33-2)16-22(25)19-6-4-3-5-7-19)24(30)27-34(31,32)21-14-10-18(11-15-21)17-8-12-20(26)13-9-17/h3-15,22H,16H2,1-2H3,(H,27,30)/t22-,25+/m0/s1. The summed E-state index contributed by atoms with van der Waals surface area (Å²) in [4.78, 5) is 26.7. The van der Waals surface area contributed by atoms with Crippen molar-refractivity contribution in [3.05, 3.63) is 89.4 Å². The molecule has 1 aliphatic carbocycles. The third-order valence-electron chi connectivity index (χ3n) is 6.14. The van der Waals surface area contributed by atoms with Crippen molar-refractivity contribution in [1.82, 2.24) is 9.62 Å². The number of likely N-dealkylation sites (N-methyl/N-ethyl adjacent to an activating group) is 1. The first-order valence-corrected chi connectivity index (χ1v) is 12.3. The van der Waals surface area contributed by atoms with E-state index in [2.05, 4.69) is 4.72 Å². The third-order valence-corrected chi connectivity index (χ3v) is 7.73. The van der Waals surface area contributed by atoms with Crippen LogP contribution in [0, 0.1) is 0 Å². The number of sulfonamides is 1. The van der Waals surface area contributed by atoms with E-state index in [1.54, 1.807) is 24.3 Å². The van der Waals surface area contributed by atoms with Crippen LogP contribution in [0.3, 0.4) is 0 Å². The van der Waals surface area contributed by atoms with Crippen LogP contribution in [0.1, 0.15) is 17.9 Å². The maximum Gasteiger partial charge on any atom is 0.332 e. The Balaban J connectivity index is 1.52. The van der Waals surface area contributed by atoms with Gasteiger partial charge in [-0.1, -0.05) is 66.2 Å². The zero-order chi connectivity index (χ0) is 24.5. The average Bonchev–Trinajstić information content (AvgIpc) is 3.61. The molecule has 0 spiro atoms. The van der Waals surface area contributed by atoms with E-state index in [1.807, 2.05) is 42.5 Å². The van der Waals surface area contributed by atoms with Gasteiger partial charge in [-0.2, -0.15) is 0 Å². The fourth-order valence-electron chi connectivity index (χ4n) is 4.13. The lowest BCUT2D eigenvalue weighted by molar-refractivity contribution is -0.147. The summed E-state index contributed by atoms with van der Waals surface area (Å²) in [6.45, 7) is 0. The molecule has 0 saturated heterocycles. The first kappa shape index (κ1) is 23.8. The first-order valence-electron chi connectivity index (χ1n) is 10.5. The Hall–Kier alpha value is -3.36. The largest absolute Gasteiger partial charge is 0.467 e. The Morgan fingerprint density at radius 3 is 2.09 bits per heavy atom. The lowest BCUT2D eigenvalue weighted by atomic mass is 10.1. The van der Waals surface area contributed by atoms with Gasteiger partial charge in [-0.05, 0) is 47.4 Å². The molecule has 176 valence electrons. The molecule has 2 atom stereocenters. The van der Waals surface area contributed by atoms with Gasteiger partial charge in [0.15, 0.2) is 0 Å². The highest BCUT2D eigenvalue weighted by molar-refractivity contribution is 7.90. The van der Waals surface area contributed by atoms with Crippen LogP contribution in [0.2, 0.25) is 5.02 Å². The van der Waals surface area contributed by atoms with Gasteiger partial charge in [-0.3, -0.25) is 0 Å². The van der Waals surface area contributed by atoms with Crippen LogP contribution < -0.4 is 4.72 Å². The SMILES string of the molecule is COC(=O)[C@@]1(N(C)C(=O)NS(=O)(=O)c2ccc(-c3ccc(Cl)cc3)cc2)C[C@H]1c1ccccc1. The minimum atomic E-state index is -4.17. The topological polar surface area (TPSA) is 92.8 Å². The molecule has 1 saturated carbocycles. The molecule has 1 fully saturated rings. The highest BCUT2D eigenvalue weighted by Gasteiger charge is 2.66. The maximum atomic E-state index is 13.0. The van der Waals surface area contributed by atoms with E-state index in [0.717, 1.165) is 21.6 Å². The van der Waals surface area contributed by atoms with Crippen LogP contribution in [0.25, 0.3) is 11.1 Å². The fourth-order valence-corrected chi connectivity index (χ4v) is 5.24. The van der Waals surface area contributed by atoms with E-state index in [4.69, 9.17) is 16.3 Å². The van der Waals surface area contributed by atoms with Crippen LogP contribution in [-0.2, 0) is 19.6 Å². The van der Waals surface area contributed by atoms with Gasteiger partial charge in [-0.25, -0.2) is 22.7 Å². The van der Waals surface area contributed by atoms with Crippen LogP contribution in [0.15, 0.2) is 83.8 Å². The Labute approximate surface area is 203 Å². The fraction of sp³-hybridized carbons (Fsp3) is 0.200. The number of amides is 2. The number of nitrogens with zero attached hydrogens (tertiary/aromatic N) is 1. The molecule has 2 amide bonds. The van der Waals surface area contributed by atoms with Gasteiger partial charge >= 0.3 is 12.0 Å². The Bertz CT molecular complexity index is 1310. The third kappa shape index (κ3) is 4.38. The number of methoxy groups -OCH3 is 1. The van der Waals surface area contributed by atoms with Crippen molar-refractivity contribution in [2.75, 3.05) is 14.2 Å². The van der Waals surface area contributed by atoms with Crippen LogP contribution in [0.4, 0.5) is 4.79 Å². The van der Waals surface area contributed by atoms with Crippen LogP contribution >= 0.6 is 11.6 Å². The van der Waals surface area contributed by atoms with E-state index in [0.29, 0.717) is 11.4 Å². The second-order valence-electron chi connectivity index (χ2n) is 8.08. The molecule has 9 heteroatoms. The number of ether oxygens (including phenoxy) is 1. The van der Waals surface area contributed by atoms with Crippen molar-refractivity contribution in [1.29, 1.82) is 0 Å². The first-order chi connectivity index (χ1) is 16.2. The van der Waals surface area contributed by atoms with Gasteiger partial charge in [0.05, 0.1) is 12.0 Å². The smallest absolute Gasteiger partial charge is 0.332 e. The summed E-state index contributed by atoms with van der Waals surface area (Å²) >= 11 is 5.91. The van der Waals surface area contributed by atoms with Gasteiger partial charge in [0, 0.05) is 18.0 Å². The van der Waals surface area contributed by atoms with Crippen molar-refractivity contribution in [2.24, 2.45) is 0 Å². The van der Waals surface area contributed by atoms with Gasteiger partial charge in [-0.15, -0.1) is 0 Å². The number of hydrogen-bond donors (Lipinski definition) is 1. The number of esters is 1. The lowest BCUT2D eigenvalue weighted by Crippen LogP contribution is -2.51. The molecular weight excluding hydrogens is 476 g/mol. The Kier molecular flexibility index (Phi) is 6.38. The van der Waals surface area contributed by atoms with Crippen molar-refractivity contribution in [3.63, 3.8) is 0 Å². The molecule has 0 bridgehead atoms. The molecule has 4 rings (SSSR count). The minimum absolute atomic E-state index is 0.0745. The predicted molar refractivity (Wildman–Crippen MR) is 129 cm³/mol. The summed E-state index contributed by atoms with van der Waals surface area (Å²) in [5.74, 6) is -0.887. The number of carbonyl (C=O) groups excluding carboxylic acids is 2. The summed E-state index contributed by atoms with van der Waals surface area (Å²) in [5, 5.41) is 0.602. The van der Waals surface area contributed by atoms with Crippen molar-refractivity contribution >= 4 is 33.6 Å². The summed E-state index contributed by atoms with van der Waals surface area (Å²) < 4.78 is 32.8. The van der Waals surface area contributed by atoms with E-state index in [-0.39, 0.29) is 10.8 Å². The maximum absolute atomic E-state index is 13.0. The number of urea groups is 1. The number of carbonyl (C=O) groups is 2. The minimum Gasteiger partial charge on any atom is -0.467 e. The molecule has 7 nitrogen and oxygen atoms in total. The molecule has 0 unspecified atom stereocenters. The van der Waals surface area contributed by atoms with Gasteiger partial charge in [0.1, 0.15) is 5.54 Å². The van der Waals surface area contributed by atoms with E-state index in [1.165, 1.54) is 26.3 Å². The normalized spacial score (nSPS) is 19.2. The molecule has 0 heterocycles. The highest BCUT2D eigenvalue weighted by atomic mass is 35.5. The summed E-state index contributed by atoms with van der Waals surface area (Å²) in [5.41, 5.74) is 1.27. The molecular formula is C25H23ClN2O5S. The van der Waals surface area contributed by atoms with E-state index >= 15 is 0 Å². The molecule has 0 aliphatic heterocycles. The summed E-state index contributed by atoms with van der Waals surface area (Å²) in [7, 11) is -1.53. The molecule has 34 heavy (non-hydrogen) atoms. The van der Waals surface area contributed by atoms with Gasteiger partial charge in [0.25, 0.3) is 10.0 Å². The van der Waals surface area contributed by atoms with Gasteiger partial charge < -0.3 is 9.64 Å². The number of benzene rings is 3. The second kappa shape index (κ2) is 9.12. The lowest BCUT2D eigenvalue weighted by Gasteiger charge is -2.27. The van der Waals surface area contributed by atoms with E-state index < -0.39 is 27.6 Å². The number of hydrogen-bond acceptors (Lipinski definition) is 5. The van der Waals surface area contributed by atoms with Crippen LogP contribution in [-0.4, -0.2) is 45.0 Å². The molecule has 1 aliphatic rings. The monoisotopic (exact) mass is 498 g/mol. The number of nitrogens with one attached hydrogen (secondary N) is 1. The van der Waals surface area contributed by atoms with E-state index in [9.17, 15) is 18.0 Å². The summed E-state index contributed by atoms with van der Waals surface area (Å²) in [6.07, 6.45) is 0.337. The molecule has 3 aromatic rings. The van der Waals surface area contributed by atoms with Crippen molar-refractivity contribution < 1.29 is 22.7 Å². The summed E-state index contributed by atoms with van der Waals surface area (Å²) in [6, 6.07) is 21.6. The van der Waals surface area contributed by atoms with Gasteiger partial charge in [0.2, 0.25) is 0 Å². The molecule has 1 N–H and O–H groups in total. The molecule has 0 aromatic heterocycles. The van der Waals surface area contributed by atoms with Crippen molar-refractivity contribution in [2.45, 2.75) is 22.8 Å². The molecule has 0 radical (unpaired) electrons. The Morgan fingerprint density at radius 2 is 1.53 bits per heavy atom. The number of halogens is 1.